The van der Waals surface area contributed by atoms with Crippen LogP contribution in [0.25, 0.3) is 5.65 Å². The summed E-state index contributed by atoms with van der Waals surface area (Å²) in [6.07, 6.45) is 1.92. The average Bonchev–Trinajstić information content (AvgIpc) is 2.87. The third kappa shape index (κ3) is 2.95. The number of hydrogen-bond acceptors (Lipinski definition) is 4. The maximum atomic E-state index is 9.93. The number of aryl methyl sites for hydroxylation is 1. The molecular weight excluding hydrogens is 288 g/mol. The zero-order valence-corrected chi connectivity index (χ0v) is 13.8. The summed E-state index contributed by atoms with van der Waals surface area (Å²) in [5.41, 5.74) is 3.02. The molecule has 23 heavy (non-hydrogen) atoms. The van der Waals surface area contributed by atoms with Crippen LogP contribution < -0.4 is 0 Å². The standard InChI is InChI=1S/C18H20N4O/c1-12-8-9-14(23)13(11-12)20-21-17-16(18(2,3)4)19-15-7-5-6-10-22(15)17/h5-11,23H,1-4H3. The van der Waals surface area contributed by atoms with E-state index in [1.165, 1.54) is 0 Å². The van der Waals surface area contributed by atoms with Gasteiger partial charge < -0.3 is 5.11 Å². The Morgan fingerprint density at radius 2 is 1.87 bits per heavy atom. The van der Waals surface area contributed by atoms with Crippen LogP contribution in [0.2, 0.25) is 0 Å². The second kappa shape index (κ2) is 5.50. The summed E-state index contributed by atoms with van der Waals surface area (Å²) in [5.74, 6) is 0.805. The van der Waals surface area contributed by atoms with E-state index in [-0.39, 0.29) is 11.2 Å². The number of azo groups is 1. The molecule has 2 aromatic heterocycles. The molecule has 5 nitrogen and oxygen atoms in total. The highest BCUT2D eigenvalue weighted by Gasteiger charge is 2.24. The molecule has 2 heterocycles. The molecule has 0 fully saturated rings. The van der Waals surface area contributed by atoms with Gasteiger partial charge >= 0.3 is 0 Å². The van der Waals surface area contributed by atoms with Gasteiger partial charge in [-0.05, 0) is 36.8 Å². The normalized spacial score (nSPS) is 12.3. The first-order valence-electron chi connectivity index (χ1n) is 7.55. The molecule has 1 N–H and O–H groups in total. The molecule has 0 unspecified atom stereocenters. The SMILES string of the molecule is Cc1ccc(O)c(N=Nc2c(C(C)(C)C)nc3ccccn23)c1. The summed E-state index contributed by atoms with van der Waals surface area (Å²) in [6.45, 7) is 8.24. The van der Waals surface area contributed by atoms with Gasteiger partial charge in [-0.25, -0.2) is 4.98 Å². The van der Waals surface area contributed by atoms with Gasteiger partial charge in [0.2, 0.25) is 0 Å². The van der Waals surface area contributed by atoms with Gasteiger partial charge in [-0.15, -0.1) is 10.2 Å². The lowest BCUT2D eigenvalue weighted by Crippen LogP contribution is -2.11. The highest BCUT2D eigenvalue weighted by molar-refractivity contribution is 5.56. The molecule has 0 aliphatic rings. The number of aromatic hydroxyl groups is 1. The van der Waals surface area contributed by atoms with Crippen LogP contribution in [0.3, 0.4) is 0 Å². The minimum absolute atomic E-state index is 0.116. The maximum Gasteiger partial charge on any atom is 0.183 e. The summed E-state index contributed by atoms with van der Waals surface area (Å²) < 4.78 is 1.91. The Labute approximate surface area is 135 Å². The summed E-state index contributed by atoms with van der Waals surface area (Å²) in [7, 11) is 0. The van der Waals surface area contributed by atoms with Crippen LogP contribution in [0.1, 0.15) is 32.0 Å². The lowest BCUT2D eigenvalue weighted by atomic mass is 9.92. The fourth-order valence-electron chi connectivity index (χ4n) is 2.40. The van der Waals surface area contributed by atoms with Crippen molar-refractivity contribution in [2.45, 2.75) is 33.1 Å². The second-order valence-electron chi connectivity index (χ2n) is 6.66. The summed E-state index contributed by atoms with van der Waals surface area (Å²) in [5, 5.41) is 18.6. The van der Waals surface area contributed by atoms with Crippen LogP contribution in [0, 0.1) is 6.92 Å². The van der Waals surface area contributed by atoms with E-state index >= 15 is 0 Å². The molecule has 118 valence electrons. The number of hydrogen-bond donors (Lipinski definition) is 1. The third-order valence-corrected chi connectivity index (χ3v) is 3.60. The smallest absolute Gasteiger partial charge is 0.183 e. The van der Waals surface area contributed by atoms with Crippen molar-refractivity contribution in [2.24, 2.45) is 10.2 Å². The zero-order valence-electron chi connectivity index (χ0n) is 13.8. The number of phenolic OH excluding ortho intramolecular Hbond substituents is 1. The largest absolute Gasteiger partial charge is 0.506 e. The Hall–Kier alpha value is -2.69. The molecule has 0 bridgehead atoms. The summed E-state index contributed by atoms with van der Waals surface area (Å²) in [4.78, 5) is 4.68. The van der Waals surface area contributed by atoms with Gasteiger partial charge in [0.05, 0.1) is 5.69 Å². The first kappa shape index (κ1) is 15.2. The molecule has 0 spiro atoms. The quantitative estimate of drug-likeness (QED) is 0.672. The lowest BCUT2D eigenvalue weighted by Gasteiger charge is -2.15. The predicted molar refractivity (Wildman–Crippen MR) is 90.9 cm³/mol. The van der Waals surface area contributed by atoms with Gasteiger partial charge in [-0.1, -0.05) is 32.9 Å². The van der Waals surface area contributed by atoms with Crippen LogP contribution in [0.4, 0.5) is 11.5 Å². The second-order valence-corrected chi connectivity index (χ2v) is 6.66. The summed E-state index contributed by atoms with van der Waals surface area (Å²) in [6, 6.07) is 11.1. The number of pyridine rings is 1. The molecule has 0 amide bonds. The van der Waals surface area contributed by atoms with Gasteiger partial charge in [0.25, 0.3) is 0 Å². The number of phenols is 1. The number of imidazole rings is 1. The highest BCUT2D eigenvalue weighted by Crippen LogP contribution is 2.34. The van der Waals surface area contributed by atoms with Crippen molar-refractivity contribution >= 4 is 17.2 Å². The van der Waals surface area contributed by atoms with Crippen molar-refractivity contribution in [3.63, 3.8) is 0 Å². The molecule has 0 radical (unpaired) electrons. The van der Waals surface area contributed by atoms with Crippen molar-refractivity contribution in [1.29, 1.82) is 0 Å². The predicted octanol–water partition coefficient (Wildman–Crippen LogP) is 5.06. The number of benzene rings is 1. The van der Waals surface area contributed by atoms with Gasteiger partial charge in [0, 0.05) is 11.6 Å². The number of nitrogens with zero attached hydrogens (tertiary/aromatic N) is 4. The van der Waals surface area contributed by atoms with E-state index < -0.39 is 0 Å². The topological polar surface area (TPSA) is 62.2 Å². The maximum absolute atomic E-state index is 9.93. The van der Waals surface area contributed by atoms with E-state index in [4.69, 9.17) is 0 Å². The Balaban J connectivity index is 2.15. The molecule has 0 aliphatic carbocycles. The Bertz CT molecular complexity index is 888. The number of rotatable bonds is 2. The van der Waals surface area contributed by atoms with Crippen molar-refractivity contribution < 1.29 is 5.11 Å². The fraction of sp³-hybridized carbons (Fsp3) is 0.278. The first-order chi connectivity index (χ1) is 10.9. The van der Waals surface area contributed by atoms with Crippen LogP contribution in [0.5, 0.6) is 5.75 Å². The van der Waals surface area contributed by atoms with E-state index in [2.05, 4.69) is 36.0 Å². The Morgan fingerprint density at radius 1 is 1.09 bits per heavy atom. The third-order valence-electron chi connectivity index (χ3n) is 3.60. The molecule has 5 heteroatoms. The van der Waals surface area contributed by atoms with E-state index in [0.717, 1.165) is 16.9 Å². The molecule has 3 aromatic rings. The Kier molecular flexibility index (Phi) is 3.64. The van der Waals surface area contributed by atoms with Crippen molar-refractivity contribution in [2.75, 3.05) is 0 Å². The molecule has 0 aliphatic heterocycles. The van der Waals surface area contributed by atoms with Crippen molar-refractivity contribution in [1.82, 2.24) is 9.38 Å². The van der Waals surface area contributed by atoms with Gasteiger partial charge in [-0.3, -0.25) is 4.40 Å². The minimum Gasteiger partial charge on any atom is -0.506 e. The van der Waals surface area contributed by atoms with E-state index in [9.17, 15) is 5.11 Å². The number of aromatic nitrogens is 2. The van der Waals surface area contributed by atoms with Crippen LogP contribution in [-0.4, -0.2) is 14.5 Å². The van der Waals surface area contributed by atoms with Gasteiger partial charge in [-0.2, -0.15) is 0 Å². The van der Waals surface area contributed by atoms with Gasteiger partial charge in [0.15, 0.2) is 5.82 Å². The zero-order chi connectivity index (χ0) is 16.6. The molecule has 0 saturated carbocycles. The first-order valence-corrected chi connectivity index (χ1v) is 7.55. The van der Waals surface area contributed by atoms with Crippen LogP contribution in [-0.2, 0) is 5.41 Å². The van der Waals surface area contributed by atoms with Gasteiger partial charge in [0.1, 0.15) is 17.1 Å². The van der Waals surface area contributed by atoms with E-state index in [1.54, 1.807) is 12.1 Å². The molecule has 1 aromatic carbocycles. The molecule has 0 atom stereocenters. The lowest BCUT2D eigenvalue weighted by molar-refractivity contribution is 0.476. The molecule has 3 rings (SSSR count). The fourth-order valence-corrected chi connectivity index (χ4v) is 2.40. The number of fused-ring (bicyclic) bond motifs is 1. The summed E-state index contributed by atoms with van der Waals surface area (Å²) >= 11 is 0. The van der Waals surface area contributed by atoms with Crippen LogP contribution in [0.15, 0.2) is 52.8 Å². The minimum atomic E-state index is -0.158. The van der Waals surface area contributed by atoms with E-state index in [0.29, 0.717) is 11.5 Å². The Morgan fingerprint density at radius 3 is 2.61 bits per heavy atom. The highest BCUT2D eigenvalue weighted by atomic mass is 16.3. The monoisotopic (exact) mass is 308 g/mol. The molecule has 0 saturated heterocycles. The van der Waals surface area contributed by atoms with Crippen molar-refractivity contribution in [3.05, 3.63) is 53.9 Å². The van der Waals surface area contributed by atoms with Crippen LogP contribution >= 0.6 is 0 Å². The average molecular weight is 308 g/mol. The molecular formula is C18H20N4O. The van der Waals surface area contributed by atoms with E-state index in [1.807, 2.05) is 41.8 Å². The van der Waals surface area contributed by atoms with Crippen molar-refractivity contribution in [3.8, 4) is 5.75 Å².